The molecule has 9 heteroatoms. The highest BCUT2D eigenvalue weighted by molar-refractivity contribution is 5.79. The van der Waals surface area contributed by atoms with E-state index in [1.165, 1.54) is 7.11 Å². The van der Waals surface area contributed by atoms with Crippen LogP contribution in [0.1, 0.15) is 25.8 Å². The van der Waals surface area contributed by atoms with Crippen LogP contribution < -0.4 is 20.1 Å². The Balaban J connectivity index is 1.93. The minimum absolute atomic E-state index is 0.0130. The molecule has 1 atom stereocenters. The van der Waals surface area contributed by atoms with Gasteiger partial charge in [-0.1, -0.05) is 19.9 Å². The molecule has 0 saturated carbocycles. The van der Waals surface area contributed by atoms with E-state index in [-0.39, 0.29) is 11.5 Å². The molecule has 1 aliphatic heterocycles. The van der Waals surface area contributed by atoms with E-state index >= 15 is 0 Å². The highest BCUT2D eigenvalue weighted by Crippen LogP contribution is 2.29. The molecule has 0 amide bonds. The number of methoxy groups -OCH3 is 1. The van der Waals surface area contributed by atoms with Crippen LogP contribution in [0.3, 0.4) is 0 Å². The van der Waals surface area contributed by atoms with Crippen LogP contribution in [0.5, 0.6) is 11.5 Å². The summed E-state index contributed by atoms with van der Waals surface area (Å²) in [4.78, 5) is 6.74. The number of hydrogen-bond acceptors (Lipinski definition) is 5. The van der Waals surface area contributed by atoms with Crippen molar-refractivity contribution in [1.82, 2.24) is 15.5 Å². The average molecular weight is 429 g/mol. The number of guanidine groups is 1. The van der Waals surface area contributed by atoms with Crippen LogP contribution in [0.2, 0.25) is 0 Å². The number of nitrogens with one attached hydrogen (secondary N) is 2. The smallest absolute Gasteiger partial charge is 0.387 e. The normalized spacial score (nSPS) is 16.6. The maximum Gasteiger partial charge on any atom is 0.387 e. The van der Waals surface area contributed by atoms with Gasteiger partial charge < -0.3 is 24.8 Å². The van der Waals surface area contributed by atoms with E-state index in [2.05, 4.69) is 39.1 Å². The lowest BCUT2D eigenvalue weighted by Gasteiger charge is -2.35. The molecule has 0 bridgehead atoms. The van der Waals surface area contributed by atoms with Crippen molar-refractivity contribution in [2.75, 3.05) is 47.0 Å². The lowest BCUT2D eigenvalue weighted by Crippen LogP contribution is -2.50. The van der Waals surface area contributed by atoms with Gasteiger partial charge in [-0.3, -0.25) is 9.89 Å². The molecular formula is C21H34F2N4O3. The number of morpholine rings is 1. The largest absolute Gasteiger partial charge is 0.493 e. The van der Waals surface area contributed by atoms with Gasteiger partial charge >= 0.3 is 6.61 Å². The summed E-state index contributed by atoms with van der Waals surface area (Å²) >= 11 is 0. The van der Waals surface area contributed by atoms with E-state index in [1.807, 2.05) is 0 Å². The minimum Gasteiger partial charge on any atom is -0.493 e. The van der Waals surface area contributed by atoms with Crippen molar-refractivity contribution >= 4 is 5.96 Å². The number of ether oxygens (including phenoxy) is 3. The van der Waals surface area contributed by atoms with Gasteiger partial charge in [-0.25, -0.2) is 0 Å². The molecule has 1 aliphatic rings. The minimum atomic E-state index is -2.91. The fourth-order valence-corrected chi connectivity index (χ4v) is 3.49. The van der Waals surface area contributed by atoms with Gasteiger partial charge in [0.25, 0.3) is 0 Å². The van der Waals surface area contributed by atoms with Crippen LogP contribution in [0.15, 0.2) is 23.2 Å². The quantitative estimate of drug-likeness (QED) is 0.441. The molecule has 1 fully saturated rings. The van der Waals surface area contributed by atoms with Crippen molar-refractivity contribution in [3.05, 3.63) is 23.8 Å². The zero-order chi connectivity index (χ0) is 21.9. The third kappa shape index (κ3) is 7.95. The Morgan fingerprint density at radius 1 is 1.20 bits per heavy atom. The van der Waals surface area contributed by atoms with Crippen molar-refractivity contribution in [3.8, 4) is 11.5 Å². The maximum absolute atomic E-state index is 12.6. The van der Waals surface area contributed by atoms with Crippen LogP contribution in [0, 0.1) is 5.92 Å². The monoisotopic (exact) mass is 428 g/mol. The Morgan fingerprint density at radius 3 is 2.53 bits per heavy atom. The Hall–Kier alpha value is -2.13. The Labute approximate surface area is 177 Å². The second-order valence-electron chi connectivity index (χ2n) is 7.60. The molecule has 1 aromatic carbocycles. The highest BCUT2D eigenvalue weighted by Gasteiger charge is 2.22. The first-order valence-electron chi connectivity index (χ1n) is 10.3. The van der Waals surface area contributed by atoms with E-state index in [0.717, 1.165) is 44.8 Å². The molecule has 0 aliphatic carbocycles. The van der Waals surface area contributed by atoms with Gasteiger partial charge in [0.1, 0.15) is 0 Å². The number of hydrogen-bond donors (Lipinski definition) is 2. The van der Waals surface area contributed by atoms with E-state index in [1.54, 1.807) is 25.2 Å². The van der Waals surface area contributed by atoms with Crippen LogP contribution in [-0.4, -0.2) is 70.5 Å². The van der Waals surface area contributed by atoms with Gasteiger partial charge in [0.15, 0.2) is 17.5 Å². The molecule has 30 heavy (non-hydrogen) atoms. The average Bonchev–Trinajstić information content (AvgIpc) is 2.73. The molecule has 1 saturated heterocycles. The summed E-state index contributed by atoms with van der Waals surface area (Å²) in [5.74, 6) is 1.52. The summed E-state index contributed by atoms with van der Waals surface area (Å²) in [5, 5.41) is 6.62. The summed E-state index contributed by atoms with van der Waals surface area (Å²) in [7, 11) is 3.13. The second kappa shape index (κ2) is 12.5. The van der Waals surface area contributed by atoms with Gasteiger partial charge in [0.2, 0.25) is 0 Å². The van der Waals surface area contributed by atoms with E-state index in [9.17, 15) is 8.78 Å². The molecule has 0 spiro atoms. The summed E-state index contributed by atoms with van der Waals surface area (Å²) in [5.41, 5.74) is 0.779. The molecule has 170 valence electrons. The van der Waals surface area contributed by atoms with Crippen LogP contribution in [0.4, 0.5) is 8.78 Å². The Kier molecular flexibility index (Phi) is 10.1. The number of alkyl halides is 2. The number of benzene rings is 1. The Bertz CT molecular complexity index is 668. The predicted octanol–water partition coefficient (Wildman–Crippen LogP) is 2.71. The molecule has 2 N–H and O–H groups in total. The fraction of sp³-hybridized carbons (Fsp3) is 0.667. The molecule has 2 rings (SSSR count). The topological polar surface area (TPSA) is 67.4 Å². The maximum atomic E-state index is 12.6. The van der Waals surface area contributed by atoms with Gasteiger partial charge in [0, 0.05) is 39.3 Å². The summed E-state index contributed by atoms with van der Waals surface area (Å²) in [6.45, 7) is 6.12. The molecule has 0 radical (unpaired) electrons. The first kappa shape index (κ1) is 24.1. The first-order chi connectivity index (χ1) is 14.4. The SMILES string of the molecule is CN=C(NCc1ccc(OC)c(OC(F)F)c1)NCC(CC(C)C)N1CCOCC1. The predicted molar refractivity (Wildman–Crippen MR) is 113 cm³/mol. The van der Waals surface area contributed by atoms with Crippen LogP contribution in [-0.2, 0) is 11.3 Å². The lowest BCUT2D eigenvalue weighted by atomic mass is 10.0. The van der Waals surface area contributed by atoms with E-state index < -0.39 is 6.61 Å². The second-order valence-corrected chi connectivity index (χ2v) is 7.60. The molecule has 1 aromatic rings. The van der Waals surface area contributed by atoms with Crippen LogP contribution >= 0.6 is 0 Å². The van der Waals surface area contributed by atoms with E-state index in [0.29, 0.717) is 24.5 Å². The number of rotatable bonds is 10. The van der Waals surface area contributed by atoms with Gasteiger partial charge in [-0.2, -0.15) is 8.78 Å². The van der Waals surface area contributed by atoms with Gasteiger partial charge in [0.05, 0.1) is 20.3 Å². The zero-order valence-corrected chi connectivity index (χ0v) is 18.3. The van der Waals surface area contributed by atoms with Crippen molar-refractivity contribution in [1.29, 1.82) is 0 Å². The summed E-state index contributed by atoms with van der Waals surface area (Å²) in [6, 6.07) is 5.34. The summed E-state index contributed by atoms with van der Waals surface area (Å²) < 4.78 is 40.3. The molecular weight excluding hydrogens is 394 g/mol. The third-order valence-corrected chi connectivity index (χ3v) is 4.94. The van der Waals surface area contributed by atoms with Crippen molar-refractivity contribution < 1.29 is 23.0 Å². The van der Waals surface area contributed by atoms with Gasteiger partial charge in [-0.15, -0.1) is 0 Å². The lowest BCUT2D eigenvalue weighted by molar-refractivity contribution is -0.0512. The first-order valence-corrected chi connectivity index (χ1v) is 10.3. The molecule has 0 aromatic heterocycles. The highest BCUT2D eigenvalue weighted by atomic mass is 19.3. The number of aliphatic imine (C=N–C) groups is 1. The van der Waals surface area contributed by atoms with Crippen molar-refractivity contribution in [2.24, 2.45) is 10.9 Å². The fourth-order valence-electron chi connectivity index (χ4n) is 3.49. The molecule has 1 heterocycles. The Morgan fingerprint density at radius 2 is 1.93 bits per heavy atom. The summed E-state index contributed by atoms with van der Waals surface area (Å²) in [6.07, 6.45) is 1.08. The molecule has 1 unspecified atom stereocenters. The van der Waals surface area contributed by atoms with Crippen molar-refractivity contribution in [3.63, 3.8) is 0 Å². The van der Waals surface area contributed by atoms with Crippen LogP contribution in [0.25, 0.3) is 0 Å². The number of halogens is 2. The van der Waals surface area contributed by atoms with E-state index in [4.69, 9.17) is 9.47 Å². The van der Waals surface area contributed by atoms with Crippen molar-refractivity contribution in [2.45, 2.75) is 39.5 Å². The standard InChI is InChI=1S/C21H34F2N4O3/c1-15(2)11-17(27-7-9-29-10-8-27)14-26-21(24-3)25-13-16-5-6-18(28-4)19(12-16)30-20(22)23/h5-6,12,15,17,20H,7-11,13-14H2,1-4H3,(H2,24,25,26). The third-order valence-electron chi connectivity index (χ3n) is 4.94. The zero-order valence-electron chi connectivity index (χ0n) is 18.3. The van der Waals surface area contributed by atoms with Gasteiger partial charge in [-0.05, 0) is 30.0 Å². The number of nitrogens with zero attached hydrogens (tertiary/aromatic N) is 2. The molecule has 7 nitrogen and oxygen atoms in total.